The van der Waals surface area contributed by atoms with Gasteiger partial charge in [-0.2, -0.15) is 0 Å². The third-order valence-corrected chi connectivity index (χ3v) is 5.19. The van der Waals surface area contributed by atoms with E-state index in [2.05, 4.69) is 26.9 Å². The first-order valence-electron chi connectivity index (χ1n) is 10.9. The van der Waals surface area contributed by atoms with Crippen LogP contribution in [0.5, 0.6) is 11.6 Å². The molecule has 1 N–H and O–H groups in total. The molecule has 0 radical (unpaired) electrons. The average Bonchev–Trinajstić information content (AvgIpc) is 3.23. The average molecular weight is 438 g/mol. The number of benzene rings is 1. The van der Waals surface area contributed by atoms with E-state index in [-0.39, 0.29) is 17.9 Å². The summed E-state index contributed by atoms with van der Waals surface area (Å²) in [4.78, 5) is 20.4. The van der Waals surface area contributed by atoms with Gasteiger partial charge >= 0.3 is 0 Å². The molecule has 170 valence electrons. The van der Waals surface area contributed by atoms with Gasteiger partial charge in [-0.1, -0.05) is 6.92 Å². The number of ether oxygens (including phenoxy) is 3. The molecular weight excluding hydrogens is 406 g/mol. The summed E-state index contributed by atoms with van der Waals surface area (Å²) in [5.74, 6) is 1.67. The SMILES string of the molecule is CCC(C)Oc1ccc(-c2cc(OC[C@H]3CNC(=O)C3)c3cccnc3c2)cn1.COC. The quantitative estimate of drug-likeness (QED) is 0.595. The lowest BCUT2D eigenvalue weighted by Gasteiger charge is -2.14. The molecule has 1 amide bonds. The summed E-state index contributed by atoms with van der Waals surface area (Å²) in [6.45, 7) is 5.27. The lowest BCUT2D eigenvalue weighted by Crippen LogP contribution is -2.16. The fourth-order valence-corrected chi connectivity index (χ4v) is 3.34. The Bertz CT molecular complexity index is 1020. The molecule has 1 aromatic carbocycles. The number of nitrogens with one attached hydrogen (secondary N) is 1. The first-order valence-corrected chi connectivity index (χ1v) is 10.9. The molecule has 32 heavy (non-hydrogen) atoms. The molecule has 1 unspecified atom stereocenters. The summed E-state index contributed by atoms with van der Waals surface area (Å²) >= 11 is 0. The number of pyridine rings is 2. The number of carbonyl (C=O) groups excluding carboxylic acids is 1. The molecule has 4 rings (SSSR count). The van der Waals surface area contributed by atoms with Gasteiger partial charge < -0.3 is 19.5 Å². The maximum atomic E-state index is 11.4. The third kappa shape index (κ3) is 6.17. The number of nitrogens with zero attached hydrogens (tertiary/aromatic N) is 2. The third-order valence-electron chi connectivity index (χ3n) is 5.19. The molecule has 0 aliphatic carbocycles. The fraction of sp³-hybridized carbons (Fsp3) is 0.400. The Kier molecular flexibility index (Phi) is 8.39. The molecular formula is C25H31N3O4. The monoisotopic (exact) mass is 437 g/mol. The Morgan fingerprint density at radius 1 is 1.16 bits per heavy atom. The highest BCUT2D eigenvalue weighted by molar-refractivity contribution is 5.90. The maximum absolute atomic E-state index is 11.4. The van der Waals surface area contributed by atoms with Crippen molar-refractivity contribution in [3.63, 3.8) is 0 Å². The zero-order chi connectivity index (χ0) is 22.9. The minimum Gasteiger partial charge on any atom is -0.492 e. The molecule has 0 bridgehead atoms. The van der Waals surface area contributed by atoms with Crippen LogP contribution >= 0.6 is 0 Å². The van der Waals surface area contributed by atoms with Crippen LogP contribution in [-0.4, -0.2) is 49.4 Å². The van der Waals surface area contributed by atoms with Crippen molar-refractivity contribution in [2.45, 2.75) is 32.8 Å². The van der Waals surface area contributed by atoms with Gasteiger partial charge in [-0.15, -0.1) is 0 Å². The van der Waals surface area contributed by atoms with E-state index in [0.717, 1.165) is 34.2 Å². The van der Waals surface area contributed by atoms with Crippen molar-refractivity contribution in [3.8, 4) is 22.8 Å². The minimum absolute atomic E-state index is 0.0876. The predicted molar refractivity (Wildman–Crippen MR) is 125 cm³/mol. The van der Waals surface area contributed by atoms with Gasteiger partial charge in [-0.05, 0) is 49.2 Å². The van der Waals surface area contributed by atoms with Crippen molar-refractivity contribution in [2.24, 2.45) is 5.92 Å². The number of fused-ring (bicyclic) bond motifs is 1. The normalized spacial score (nSPS) is 16.1. The van der Waals surface area contributed by atoms with E-state index in [1.165, 1.54) is 0 Å². The number of aromatic nitrogens is 2. The lowest BCUT2D eigenvalue weighted by atomic mass is 10.0. The zero-order valence-corrected chi connectivity index (χ0v) is 19.1. The first-order chi connectivity index (χ1) is 15.5. The van der Waals surface area contributed by atoms with Gasteiger partial charge in [-0.3, -0.25) is 9.78 Å². The highest BCUT2D eigenvalue weighted by Gasteiger charge is 2.22. The Morgan fingerprint density at radius 3 is 2.62 bits per heavy atom. The van der Waals surface area contributed by atoms with Crippen LogP contribution in [-0.2, 0) is 9.53 Å². The number of hydrogen-bond donors (Lipinski definition) is 1. The standard InChI is InChI=1S/C23H25N3O3.C2H6O/c1-3-15(2)29-23-7-6-17(13-26-23)18-10-20-19(5-4-8-24-20)21(11-18)28-14-16-9-22(27)25-12-16;1-3-2/h4-8,10-11,13,15-16H,3,9,12,14H2,1-2H3,(H,25,27);1-2H3/t15?,16-;/m1./s1. The van der Waals surface area contributed by atoms with Crippen molar-refractivity contribution in [1.29, 1.82) is 0 Å². The van der Waals surface area contributed by atoms with Crippen LogP contribution in [0.4, 0.5) is 0 Å². The van der Waals surface area contributed by atoms with Gasteiger partial charge in [0.25, 0.3) is 0 Å². The molecule has 0 spiro atoms. The van der Waals surface area contributed by atoms with E-state index in [1.807, 2.05) is 49.5 Å². The minimum atomic E-state index is 0.0876. The fourth-order valence-electron chi connectivity index (χ4n) is 3.34. The number of amides is 1. The summed E-state index contributed by atoms with van der Waals surface area (Å²) in [5, 5.41) is 3.81. The summed E-state index contributed by atoms with van der Waals surface area (Å²) in [6.07, 6.45) is 5.16. The van der Waals surface area contributed by atoms with Crippen molar-refractivity contribution >= 4 is 16.8 Å². The molecule has 3 aromatic rings. The van der Waals surface area contributed by atoms with Crippen LogP contribution in [0.25, 0.3) is 22.0 Å². The number of hydrogen-bond acceptors (Lipinski definition) is 6. The first kappa shape index (κ1) is 23.5. The van der Waals surface area contributed by atoms with E-state index < -0.39 is 0 Å². The van der Waals surface area contributed by atoms with E-state index in [4.69, 9.17) is 9.47 Å². The van der Waals surface area contributed by atoms with Gasteiger partial charge in [0.1, 0.15) is 5.75 Å². The molecule has 1 fully saturated rings. The topological polar surface area (TPSA) is 82.6 Å². The summed E-state index contributed by atoms with van der Waals surface area (Å²) < 4.78 is 16.1. The largest absolute Gasteiger partial charge is 0.492 e. The van der Waals surface area contributed by atoms with E-state index in [1.54, 1.807) is 20.4 Å². The summed E-state index contributed by atoms with van der Waals surface area (Å²) in [7, 11) is 3.25. The van der Waals surface area contributed by atoms with Crippen molar-refractivity contribution in [1.82, 2.24) is 15.3 Å². The predicted octanol–water partition coefficient (Wildman–Crippen LogP) is 4.25. The van der Waals surface area contributed by atoms with Crippen LogP contribution in [0.2, 0.25) is 0 Å². The molecule has 7 nitrogen and oxygen atoms in total. The molecule has 3 heterocycles. The van der Waals surface area contributed by atoms with Gasteiger partial charge in [0.05, 0.1) is 18.2 Å². The lowest BCUT2D eigenvalue weighted by molar-refractivity contribution is -0.119. The van der Waals surface area contributed by atoms with Crippen LogP contribution in [0, 0.1) is 5.92 Å². The van der Waals surface area contributed by atoms with Crippen LogP contribution in [0.3, 0.4) is 0 Å². The molecule has 2 aromatic heterocycles. The van der Waals surface area contributed by atoms with Gasteiger partial charge in [0, 0.05) is 62.5 Å². The highest BCUT2D eigenvalue weighted by atomic mass is 16.5. The molecule has 0 saturated carbocycles. The van der Waals surface area contributed by atoms with Gasteiger partial charge in [-0.25, -0.2) is 4.98 Å². The Balaban J connectivity index is 0.000000913. The maximum Gasteiger partial charge on any atom is 0.220 e. The number of carbonyl (C=O) groups is 1. The second-order valence-corrected chi connectivity index (χ2v) is 7.86. The molecule has 7 heteroatoms. The second kappa shape index (κ2) is 11.4. The van der Waals surface area contributed by atoms with Crippen LogP contribution in [0.1, 0.15) is 26.7 Å². The highest BCUT2D eigenvalue weighted by Crippen LogP contribution is 2.32. The Labute approximate surface area is 189 Å². The van der Waals surface area contributed by atoms with Crippen LogP contribution in [0.15, 0.2) is 48.8 Å². The summed E-state index contributed by atoms with van der Waals surface area (Å²) in [5.41, 5.74) is 2.81. The second-order valence-electron chi connectivity index (χ2n) is 7.86. The van der Waals surface area contributed by atoms with Gasteiger partial charge in [0.2, 0.25) is 11.8 Å². The zero-order valence-electron chi connectivity index (χ0n) is 19.1. The van der Waals surface area contributed by atoms with E-state index in [0.29, 0.717) is 25.5 Å². The van der Waals surface area contributed by atoms with Crippen LogP contribution < -0.4 is 14.8 Å². The number of methoxy groups -OCH3 is 1. The van der Waals surface area contributed by atoms with E-state index in [9.17, 15) is 4.79 Å². The number of rotatable bonds is 7. The van der Waals surface area contributed by atoms with Crippen molar-refractivity contribution in [3.05, 3.63) is 48.8 Å². The molecule has 1 aliphatic rings. The van der Waals surface area contributed by atoms with E-state index >= 15 is 0 Å². The smallest absolute Gasteiger partial charge is 0.220 e. The molecule has 2 atom stereocenters. The summed E-state index contributed by atoms with van der Waals surface area (Å²) in [6, 6.07) is 11.8. The van der Waals surface area contributed by atoms with Crippen molar-refractivity contribution < 1.29 is 19.0 Å². The molecule has 1 aliphatic heterocycles. The molecule has 1 saturated heterocycles. The Morgan fingerprint density at radius 2 is 1.97 bits per heavy atom. The van der Waals surface area contributed by atoms with Crippen molar-refractivity contribution in [2.75, 3.05) is 27.4 Å². The van der Waals surface area contributed by atoms with Gasteiger partial charge in [0.15, 0.2) is 0 Å². The Hall–Kier alpha value is -3.19.